The van der Waals surface area contributed by atoms with Crippen molar-refractivity contribution in [1.82, 2.24) is 4.98 Å². The molecule has 2 rings (SSSR count). The van der Waals surface area contributed by atoms with E-state index in [9.17, 15) is 0 Å². The number of fused-ring (bicyclic) bond motifs is 1. The number of hydrogen-bond acceptors (Lipinski definition) is 4. The van der Waals surface area contributed by atoms with Gasteiger partial charge in [-0.15, -0.1) is 0 Å². The normalized spacial score (nSPS) is 11.0. The third kappa shape index (κ3) is 2.10. The molecule has 0 fully saturated rings. The van der Waals surface area contributed by atoms with E-state index < -0.39 is 0 Å². The summed E-state index contributed by atoms with van der Waals surface area (Å²) in [4.78, 5) is 4.34. The van der Waals surface area contributed by atoms with E-state index in [2.05, 4.69) is 4.98 Å². The summed E-state index contributed by atoms with van der Waals surface area (Å²) in [7, 11) is 1.68. The molecule has 2 aromatic rings. The predicted octanol–water partition coefficient (Wildman–Crippen LogP) is 1.99. The Balaban J connectivity index is 2.20. The van der Waals surface area contributed by atoms with Crippen LogP contribution in [0.5, 0.6) is 0 Å². The molecule has 0 amide bonds. The van der Waals surface area contributed by atoms with E-state index in [0.29, 0.717) is 12.3 Å². The minimum Gasteiger partial charge on any atom is -0.441 e. The van der Waals surface area contributed by atoms with Crippen LogP contribution in [0.1, 0.15) is 12.3 Å². The monoisotopic (exact) mass is 206 g/mol. The predicted molar refractivity (Wildman–Crippen MR) is 58.6 cm³/mol. The Morgan fingerprint density at radius 1 is 1.47 bits per heavy atom. The van der Waals surface area contributed by atoms with Crippen LogP contribution in [0.25, 0.3) is 11.1 Å². The molecule has 0 saturated heterocycles. The van der Waals surface area contributed by atoms with Gasteiger partial charge in [-0.25, -0.2) is 4.98 Å². The number of aromatic nitrogens is 1. The molecule has 1 aromatic carbocycles. The SMILES string of the molecule is COCCCc1nc2c(N)cccc2o1. The van der Waals surface area contributed by atoms with Gasteiger partial charge in [0.25, 0.3) is 0 Å². The lowest BCUT2D eigenvalue weighted by molar-refractivity contribution is 0.193. The first kappa shape index (κ1) is 9.98. The van der Waals surface area contributed by atoms with Crippen molar-refractivity contribution in [3.63, 3.8) is 0 Å². The molecule has 4 heteroatoms. The summed E-state index contributed by atoms with van der Waals surface area (Å²) >= 11 is 0. The fourth-order valence-electron chi connectivity index (χ4n) is 1.49. The summed E-state index contributed by atoms with van der Waals surface area (Å²) in [5.74, 6) is 0.722. The van der Waals surface area contributed by atoms with Gasteiger partial charge in [0.15, 0.2) is 11.5 Å². The molecule has 4 nitrogen and oxygen atoms in total. The summed E-state index contributed by atoms with van der Waals surface area (Å²) in [5.41, 5.74) is 7.95. The Labute approximate surface area is 88.0 Å². The molecule has 0 bridgehead atoms. The molecule has 80 valence electrons. The largest absolute Gasteiger partial charge is 0.441 e. The standard InChI is InChI=1S/C11H14N2O2/c1-14-7-3-6-10-13-11-8(12)4-2-5-9(11)15-10/h2,4-5H,3,6-7,12H2,1H3. The smallest absolute Gasteiger partial charge is 0.195 e. The third-order valence-corrected chi connectivity index (χ3v) is 2.23. The van der Waals surface area contributed by atoms with Crippen molar-refractivity contribution in [2.24, 2.45) is 0 Å². The summed E-state index contributed by atoms with van der Waals surface area (Å²) in [5, 5.41) is 0. The zero-order valence-corrected chi connectivity index (χ0v) is 8.69. The summed E-state index contributed by atoms with van der Waals surface area (Å²) in [6.07, 6.45) is 1.69. The number of nitrogen functional groups attached to an aromatic ring is 1. The van der Waals surface area contributed by atoms with Gasteiger partial charge in [0.1, 0.15) is 5.52 Å². The van der Waals surface area contributed by atoms with Crippen LogP contribution in [0.15, 0.2) is 22.6 Å². The van der Waals surface area contributed by atoms with E-state index >= 15 is 0 Å². The van der Waals surface area contributed by atoms with Gasteiger partial charge in [-0.05, 0) is 18.6 Å². The first-order valence-electron chi connectivity index (χ1n) is 4.94. The highest BCUT2D eigenvalue weighted by molar-refractivity contribution is 5.85. The number of rotatable bonds is 4. The van der Waals surface area contributed by atoms with E-state index in [1.807, 2.05) is 18.2 Å². The van der Waals surface area contributed by atoms with Crippen molar-refractivity contribution >= 4 is 16.8 Å². The molecule has 0 unspecified atom stereocenters. The second-order valence-corrected chi connectivity index (χ2v) is 3.40. The maximum atomic E-state index is 5.78. The first-order chi connectivity index (χ1) is 7.31. The Bertz CT molecular complexity index is 451. The summed E-state index contributed by atoms with van der Waals surface area (Å²) in [6, 6.07) is 5.56. The fourth-order valence-corrected chi connectivity index (χ4v) is 1.49. The zero-order chi connectivity index (χ0) is 10.7. The maximum Gasteiger partial charge on any atom is 0.195 e. The second-order valence-electron chi connectivity index (χ2n) is 3.40. The number of anilines is 1. The van der Waals surface area contributed by atoms with Crippen LogP contribution in [0.2, 0.25) is 0 Å². The van der Waals surface area contributed by atoms with Gasteiger partial charge in [0.05, 0.1) is 5.69 Å². The summed E-state index contributed by atoms with van der Waals surface area (Å²) < 4.78 is 10.5. The van der Waals surface area contributed by atoms with Crippen molar-refractivity contribution in [2.75, 3.05) is 19.5 Å². The van der Waals surface area contributed by atoms with Crippen LogP contribution >= 0.6 is 0 Å². The molecule has 0 aliphatic carbocycles. The lowest BCUT2D eigenvalue weighted by Gasteiger charge is -1.93. The first-order valence-corrected chi connectivity index (χ1v) is 4.94. The minimum absolute atomic E-state index is 0.661. The molecule has 15 heavy (non-hydrogen) atoms. The Morgan fingerprint density at radius 3 is 3.07 bits per heavy atom. The molecule has 2 N–H and O–H groups in total. The molecule has 0 aliphatic rings. The van der Waals surface area contributed by atoms with Crippen LogP contribution in [0.3, 0.4) is 0 Å². The number of nitrogens with zero attached hydrogens (tertiary/aromatic N) is 1. The van der Waals surface area contributed by atoms with Gasteiger partial charge >= 0.3 is 0 Å². The topological polar surface area (TPSA) is 61.3 Å². The number of nitrogens with two attached hydrogens (primary N) is 1. The highest BCUT2D eigenvalue weighted by atomic mass is 16.5. The highest BCUT2D eigenvalue weighted by Crippen LogP contribution is 2.21. The van der Waals surface area contributed by atoms with Crippen LogP contribution in [-0.4, -0.2) is 18.7 Å². The van der Waals surface area contributed by atoms with Crippen molar-refractivity contribution in [3.05, 3.63) is 24.1 Å². The van der Waals surface area contributed by atoms with E-state index in [0.717, 1.165) is 29.8 Å². The van der Waals surface area contributed by atoms with Crippen molar-refractivity contribution in [1.29, 1.82) is 0 Å². The van der Waals surface area contributed by atoms with Crippen molar-refractivity contribution in [2.45, 2.75) is 12.8 Å². The van der Waals surface area contributed by atoms with Crippen LogP contribution in [0.4, 0.5) is 5.69 Å². The van der Waals surface area contributed by atoms with Crippen LogP contribution in [0, 0.1) is 0 Å². The fraction of sp³-hybridized carbons (Fsp3) is 0.364. The minimum atomic E-state index is 0.661. The van der Waals surface area contributed by atoms with Gasteiger partial charge < -0.3 is 14.9 Å². The van der Waals surface area contributed by atoms with Gasteiger partial charge in [-0.2, -0.15) is 0 Å². The van der Waals surface area contributed by atoms with E-state index in [4.69, 9.17) is 14.9 Å². The van der Waals surface area contributed by atoms with Crippen LogP contribution in [-0.2, 0) is 11.2 Å². The molecular weight excluding hydrogens is 192 g/mol. The number of para-hydroxylation sites is 1. The van der Waals surface area contributed by atoms with Gasteiger partial charge in [0.2, 0.25) is 0 Å². The number of ether oxygens (including phenoxy) is 1. The van der Waals surface area contributed by atoms with E-state index in [1.54, 1.807) is 7.11 Å². The average molecular weight is 206 g/mol. The van der Waals surface area contributed by atoms with Crippen molar-refractivity contribution in [3.8, 4) is 0 Å². The molecule has 1 aromatic heterocycles. The Kier molecular flexibility index (Phi) is 2.87. The molecular formula is C11H14N2O2. The van der Waals surface area contributed by atoms with Gasteiger partial charge in [0, 0.05) is 20.1 Å². The number of benzene rings is 1. The molecule has 0 aliphatic heterocycles. The van der Waals surface area contributed by atoms with Gasteiger partial charge in [-0.3, -0.25) is 0 Å². The number of methoxy groups -OCH3 is 1. The highest BCUT2D eigenvalue weighted by Gasteiger charge is 2.07. The number of aryl methyl sites for hydroxylation is 1. The number of oxazole rings is 1. The Hall–Kier alpha value is -1.55. The second kappa shape index (κ2) is 4.31. The summed E-state index contributed by atoms with van der Waals surface area (Å²) in [6.45, 7) is 0.716. The molecule has 0 atom stereocenters. The lowest BCUT2D eigenvalue weighted by Crippen LogP contribution is -1.92. The average Bonchev–Trinajstić information content (AvgIpc) is 2.63. The number of hydrogen-bond donors (Lipinski definition) is 1. The van der Waals surface area contributed by atoms with Crippen LogP contribution < -0.4 is 5.73 Å². The maximum absolute atomic E-state index is 5.78. The Morgan fingerprint density at radius 2 is 2.33 bits per heavy atom. The lowest BCUT2D eigenvalue weighted by atomic mass is 10.3. The zero-order valence-electron chi connectivity index (χ0n) is 8.69. The van der Waals surface area contributed by atoms with Gasteiger partial charge in [-0.1, -0.05) is 6.07 Å². The quantitative estimate of drug-likeness (QED) is 0.613. The molecule has 1 heterocycles. The van der Waals surface area contributed by atoms with Crippen molar-refractivity contribution < 1.29 is 9.15 Å². The molecule has 0 radical (unpaired) electrons. The third-order valence-electron chi connectivity index (χ3n) is 2.23. The van der Waals surface area contributed by atoms with E-state index in [1.165, 1.54) is 0 Å². The van der Waals surface area contributed by atoms with E-state index in [-0.39, 0.29) is 0 Å². The molecule has 0 spiro atoms. The molecule has 0 saturated carbocycles.